The Bertz CT molecular complexity index is 174. The summed E-state index contributed by atoms with van der Waals surface area (Å²) in [5.74, 6) is 0. The van der Waals surface area contributed by atoms with Gasteiger partial charge in [0.05, 0.1) is 24.4 Å². The largest absolute Gasteiger partial charge is 0.488 e. The van der Waals surface area contributed by atoms with Crippen LogP contribution in [0.15, 0.2) is 0 Å². The first-order valence-electron chi connectivity index (χ1n) is 5.20. The molecule has 0 saturated carbocycles. The standard InChI is InChI=1S/C8H16B2O4/c1-5-6(2)12-9(11-5)10-13-7(3)8(4)14-10/h5-8H,1-4H3/t5-,6-,7-,8+/m0/s1. The van der Waals surface area contributed by atoms with Crippen molar-refractivity contribution in [1.82, 2.24) is 0 Å². The molecule has 0 radical (unpaired) electrons. The van der Waals surface area contributed by atoms with E-state index in [-0.39, 0.29) is 38.4 Å². The lowest BCUT2D eigenvalue weighted by Crippen LogP contribution is -2.39. The molecule has 0 amide bonds. The average Bonchev–Trinajstić information content (AvgIpc) is 2.60. The Morgan fingerprint density at radius 1 is 0.571 bits per heavy atom. The van der Waals surface area contributed by atoms with E-state index in [9.17, 15) is 0 Å². The van der Waals surface area contributed by atoms with Gasteiger partial charge in [-0.2, -0.15) is 0 Å². The molecule has 4 atom stereocenters. The normalized spacial score (nSPS) is 43.7. The van der Waals surface area contributed by atoms with Crippen LogP contribution in [0.3, 0.4) is 0 Å². The number of hydrogen-bond donors (Lipinski definition) is 0. The minimum absolute atomic E-state index is 0.110. The van der Waals surface area contributed by atoms with Gasteiger partial charge in [0.15, 0.2) is 0 Å². The Morgan fingerprint density at radius 3 is 1.00 bits per heavy atom. The zero-order valence-corrected chi connectivity index (χ0v) is 9.10. The van der Waals surface area contributed by atoms with Crippen LogP contribution in [0.2, 0.25) is 0 Å². The highest BCUT2D eigenvalue weighted by Gasteiger charge is 2.51. The van der Waals surface area contributed by atoms with Crippen LogP contribution in [-0.4, -0.2) is 38.4 Å². The van der Waals surface area contributed by atoms with E-state index in [1.54, 1.807) is 0 Å². The van der Waals surface area contributed by atoms with Gasteiger partial charge in [-0.05, 0) is 27.7 Å². The van der Waals surface area contributed by atoms with Gasteiger partial charge in [-0.25, -0.2) is 0 Å². The highest BCUT2D eigenvalue weighted by Crippen LogP contribution is 2.24. The lowest BCUT2D eigenvalue weighted by molar-refractivity contribution is 0.187. The lowest BCUT2D eigenvalue weighted by atomic mass is 9.49. The maximum atomic E-state index is 5.58. The van der Waals surface area contributed by atoms with Crippen molar-refractivity contribution in [2.75, 3.05) is 0 Å². The molecular formula is C8H16B2O4. The molecule has 14 heavy (non-hydrogen) atoms. The first-order valence-corrected chi connectivity index (χ1v) is 5.20. The smallest absolute Gasteiger partial charge is 0.408 e. The molecule has 0 aromatic heterocycles. The monoisotopic (exact) mass is 198 g/mol. The van der Waals surface area contributed by atoms with Crippen LogP contribution in [0, 0.1) is 0 Å². The van der Waals surface area contributed by atoms with Gasteiger partial charge in [0.1, 0.15) is 0 Å². The van der Waals surface area contributed by atoms with Gasteiger partial charge in [0, 0.05) is 0 Å². The second kappa shape index (κ2) is 3.85. The van der Waals surface area contributed by atoms with Crippen LogP contribution in [0.1, 0.15) is 27.7 Å². The van der Waals surface area contributed by atoms with Crippen molar-refractivity contribution in [2.24, 2.45) is 0 Å². The summed E-state index contributed by atoms with van der Waals surface area (Å²) in [6.07, 6.45) is 0.439. The third kappa shape index (κ3) is 1.84. The topological polar surface area (TPSA) is 36.9 Å². The first-order chi connectivity index (χ1) is 6.58. The van der Waals surface area contributed by atoms with Crippen LogP contribution < -0.4 is 0 Å². The van der Waals surface area contributed by atoms with Crippen molar-refractivity contribution < 1.29 is 18.6 Å². The van der Waals surface area contributed by atoms with Gasteiger partial charge in [-0.3, -0.25) is 0 Å². The Hall–Kier alpha value is -0.0301. The van der Waals surface area contributed by atoms with E-state index in [4.69, 9.17) is 18.6 Å². The first kappa shape index (κ1) is 10.5. The predicted octanol–water partition coefficient (Wildman–Crippen LogP) is 0.689. The molecule has 2 rings (SSSR count). The molecule has 0 spiro atoms. The molecule has 2 aliphatic rings. The fourth-order valence-electron chi connectivity index (χ4n) is 1.61. The van der Waals surface area contributed by atoms with Crippen LogP contribution >= 0.6 is 0 Å². The van der Waals surface area contributed by atoms with E-state index in [2.05, 4.69) is 0 Å². The molecule has 4 nitrogen and oxygen atoms in total. The zero-order chi connectivity index (χ0) is 10.3. The van der Waals surface area contributed by atoms with E-state index >= 15 is 0 Å². The van der Waals surface area contributed by atoms with Crippen molar-refractivity contribution in [3.63, 3.8) is 0 Å². The van der Waals surface area contributed by atoms with Crippen molar-refractivity contribution >= 4 is 14.0 Å². The van der Waals surface area contributed by atoms with Crippen LogP contribution in [0.25, 0.3) is 0 Å². The van der Waals surface area contributed by atoms with Gasteiger partial charge in [-0.15, -0.1) is 0 Å². The molecule has 78 valence electrons. The molecule has 6 heteroatoms. The highest BCUT2D eigenvalue weighted by molar-refractivity contribution is 7.11. The van der Waals surface area contributed by atoms with E-state index in [0.29, 0.717) is 0 Å². The average molecular weight is 198 g/mol. The molecule has 2 aliphatic heterocycles. The van der Waals surface area contributed by atoms with E-state index < -0.39 is 0 Å². The second-order valence-electron chi connectivity index (χ2n) is 4.10. The lowest BCUT2D eigenvalue weighted by Gasteiger charge is -2.07. The molecule has 2 fully saturated rings. The van der Waals surface area contributed by atoms with Crippen molar-refractivity contribution in [3.8, 4) is 0 Å². The van der Waals surface area contributed by atoms with Gasteiger partial charge >= 0.3 is 14.0 Å². The summed E-state index contributed by atoms with van der Waals surface area (Å²) < 4.78 is 22.3. The Morgan fingerprint density at radius 2 is 0.786 bits per heavy atom. The zero-order valence-electron chi connectivity index (χ0n) is 9.10. The van der Waals surface area contributed by atoms with Crippen LogP contribution in [0.4, 0.5) is 0 Å². The molecule has 0 aromatic carbocycles. The van der Waals surface area contributed by atoms with Crippen molar-refractivity contribution in [2.45, 2.75) is 52.1 Å². The molecule has 0 aromatic rings. The fraction of sp³-hybridized carbons (Fsp3) is 1.00. The molecule has 0 bridgehead atoms. The number of rotatable bonds is 1. The van der Waals surface area contributed by atoms with Gasteiger partial charge in [-0.1, -0.05) is 0 Å². The summed E-state index contributed by atoms with van der Waals surface area (Å²) in [5, 5.41) is 0. The van der Waals surface area contributed by atoms with Crippen LogP contribution in [-0.2, 0) is 18.6 Å². The summed E-state index contributed by atoms with van der Waals surface area (Å²) in [7, 11) is -0.736. The third-order valence-corrected chi connectivity index (χ3v) is 2.94. The molecule has 2 heterocycles. The van der Waals surface area contributed by atoms with Crippen molar-refractivity contribution in [1.29, 1.82) is 0 Å². The van der Waals surface area contributed by atoms with Crippen LogP contribution in [0.5, 0.6) is 0 Å². The second-order valence-corrected chi connectivity index (χ2v) is 4.10. The summed E-state index contributed by atoms with van der Waals surface area (Å²) in [6.45, 7) is 7.97. The third-order valence-electron chi connectivity index (χ3n) is 2.94. The minimum Gasteiger partial charge on any atom is -0.408 e. The fourth-order valence-corrected chi connectivity index (χ4v) is 1.61. The molecule has 0 aliphatic carbocycles. The minimum atomic E-state index is -0.368. The van der Waals surface area contributed by atoms with E-state index in [0.717, 1.165) is 0 Å². The molecule has 2 saturated heterocycles. The molecule has 0 unspecified atom stereocenters. The van der Waals surface area contributed by atoms with Gasteiger partial charge in [0.25, 0.3) is 0 Å². The predicted molar refractivity (Wildman–Crippen MR) is 53.7 cm³/mol. The quantitative estimate of drug-likeness (QED) is 0.580. The summed E-state index contributed by atoms with van der Waals surface area (Å²) in [6, 6.07) is 0. The summed E-state index contributed by atoms with van der Waals surface area (Å²) in [5.41, 5.74) is 0. The Labute approximate surface area is 85.5 Å². The van der Waals surface area contributed by atoms with Gasteiger partial charge < -0.3 is 18.6 Å². The van der Waals surface area contributed by atoms with Gasteiger partial charge in [0.2, 0.25) is 0 Å². The van der Waals surface area contributed by atoms with E-state index in [1.807, 2.05) is 27.7 Å². The maximum Gasteiger partial charge on any atom is 0.488 e. The highest BCUT2D eigenvalue weighted by atomic mass is 16.7. The Kier molecular flexibility index (Phi) is 2.88. The van der Waals surface area contributed by atoms with E-state index in [1.165, 1.54) is 0 Å². The van der Waals surface area contributed by atoms with Crippen molar-refractivity contribution in [3.05, 3.63) is 0 Å². The molecule has 0 N–H and O–H groups in total. The molecular weight excluding hydrogens is 182 g/mol. The summed E-state index contributed by atoms with van der Waals surface area (Å²) >= 11 is 0. The Balaban J connectivity index is 1.92. The summed E-state index contributed by atoms with van der Waals surface area (Å²) in [4.78, 5) is 0. The maximum absolute atomic E-state index is 5.58. The number of hydrogen-bond acceptors (Lipinski definition) is 4. The SMILES string of the molecule is C[C@@H]1OB(B2O[C@@H](C)[C@@H](C)O2)O[C@H]1C.